The normalized spacial score (nSPS) is 7.12. The number of hydrogen-bond donors (Lipinski definition) is 0. The molecule has 0 amide bonds. The van der Waals surface area contributed by atoms with E-state index in [-0.39, 0.29) is 0 Å². The highest BCUT2D eigenvalue weighted by molar-refractivity contribution is 5.20. The highest BCUT2D eigenvalue weighted by Crippen LogP contribution is 2.03. The van der Waals surface area contributed by atoms with Crippen LogP contribution in [0.5, 0.6) is 0 Å². The Morgan fingerprint density at radius 3 is 2.25 bits per heavy atom. The second-order valence-corrected chi connectivity index (χ2v) is 1.42. The van der Waals surface area contributed by atoms with E-state index in [0.29, 0.717) is 11.3 Å². The molecule has 0 aromatic rings. The summed E-state index contributed by atoms with van der Waals surface area (Å²) in [6.07, 6.45) is 0. The van der Waals surface area contributed by atoms with Gasteiger partial charge in [-0.05, 0) is 18.0 Å². The average Bonchev–Trinajstić information content (AvgIpc) is 1.67. The largest absolute Gasteiger partial charge is 0.0957 e. The average molecular weight is 109 g/mol. The summed E-state index contributed by atoms with van der Waals surface area (Å²) in [6, 6.07) is 0. The molecule has 0 aromatic carbocycles. The van der Waals surface area contributed by atoms with Gasteiger partial charge in [0.05, 0.1) is 0 Å². The lowest BCUT2D eigenvalue weighted by molar-refractivity contribution is 1.29. The summed E-state index contributed by atoms with van der Waals surface area (Å²) in [7, 11) is 0. The minimum Gasteiger partial charge on any atom is -0.0957 e. The van der Waals surface area contributed by atoms with Crippen LogP contribution in [0, 0.1) is 0 Å². The molecular weight excluding hydrogens is 102 g/mol. The van der Waals surface area contributed by atoms with Gasteiger partial charge in [-0.1, -0.05) is 18.3 Å². The van der Waals surface area contributed by atoms with Gasteiger partial charge in [-0.2, -0.15) is 0 Å². The van der Waals surface area contributed by atoms with E-state index in [1.54, 1.807) is 6.92 Å². The maximum atomic E-state index is 7.84. The summed E-state index contributed by atoms with van der Waals surface area (Å²) >= 11 is 0. The fourth-order valence-electron chi connectivity index (χ4n) is 0.139. The Morgan fingerprint density at radius 2 is 2.12 bits per heavy atom. The monoisotopic (exact) mass is 109 g/mol. The van der Waals surface area contributed by atoms with Crippen LogP contribution in [0.1, 0.15) is 6.92 Å². The standard InChI is InChI=1S/C5H7N3/c1-4(2)5(3)7-8-6/h1,3H2,2H3. The first-order chi connectivity index (χ1) is 3.68. The third-order valence-electron chi connectivity index (χ3n) is 0.658. The summed E-state index contributed by atoms with van der Waals surface area (Å²) < 4.78 is 0. The molecule has 0 atom stereocenters. The Bertz CT molecular complexity index is 159. The van der Waals surface area contributed by atoms with Crippen LogP contribution in [-0.2, 0) is 0 Å². The van der Waals surface area contributed by atoms with Gasteiger partial charge in [-0.15, -0.1) is 0 Å². The van der Waals surface area contributed by atoms with Crippen molar-refractivity contribution in [1.29, 1.82) is 0 Å². The summed E-state index contributed by atoms with van der Waals surface area (Å²) in [5.74, 6) is 0. The predicted molar refractivity (Wildman–Crippen MR) is 33.1 cm³/mol. The van der Waals surface area contributed by atoms with Gasteiger partial charge in [0.2, 0.25) is 0 Å². The van der Waals surface area contributed by atoms with Crippen LogP contribution in [0.15, 0.2) is 29.5 Å². The van der Waals surface area contributed by atoms with E-state index in [9.17, 15) is 0 Å². The topological polar surface area (TPSA) is 48.8 Å². The van der Waals surface area contributed by atoms with E-state index in [1.165, 1.54) is 0 Å². The zero-order chi connectivity index (χ0) is 6.57. The number of nitrogens with zero attached hydrogens (tertiary/aromatic N) is 3. The van der Waals surface area contributed by atoms with Crippen molar-refractivity contribution in [2.24, 2.45) is 5.11 Å². The van der Waals surface area contributed by atoms with Gasteiger partial charge in [0.1, 0.15) is 0 Å². The van der Waals surface area contributed by atoms with Gasteiger partial charge in [0, 0.05) is 10.6 Å². The minimum atomic E-state index is 0.396. The van der Waals surface area contributed by atoms with Crippen molar-refractivity contribution in [3.63, 3.8) is 0 Å². The lowest BCUT2D eigenvalue weighted by atomic mass is 10.3. The summed E-state index contributed by atoms with van der Waals surface area (Å²) in [5.41, 5.74) is 8.93. The van der Waals surface area contributed by atoms with Crippen molar-refractivity contribution < 1.29 is 0 Å². The van der Waals surface area contributed by atoms with Crippen molar-refractivity contribution >= 4 is 0 Å². The molecule has 0 saturated carbocycles. The van der Waals surface area contributed by atoms with Crippen LogP contribution in [0.25, 0.3) is 10.4 Å². The molecule has 0 radical (unpaired) electrons. The van der Waals surface area contributed by atoms with Crippen LogP contribution >= 0.6 is 0 Å². The fourth-order valence-corrected chi connectivity index (χ4v) is 0.139. The highest BCUT2D eigenvalue weighted by Gasteiger charge is 1.84. The molecule has 0 bridgehead atoms. The Balaban J connectivity index is 4.05. The first-order valence-electron chi connectivity index (χ1n) is 2.08. The zero-order valence-electron chi connectivity index (χ0n) is 4.76. The van der Waals surface area contributed by atoms with E-state index in [2.05, 4.69) is 23.2 Å². The molecule has 8 heavy (non-hydrogen) atoms. The second-order valence-electron chi connectivity index (χ2n) is 1.42. The predicted octanol–water partition coefficient (Wildman–Crippen LogP) is 2.39. The maximum Gasteiger partial charge on any atom is 0.0326 e. The first-order valence-corrected chi connectivity index (χ1v) is 2.08. The Labute approximate surface area is 48.0 Å². The van der Waals surface area contributed by atoms with Gasteiger partial charge in [-0.3, -0.25) is 0 Å². The van der Waals surface area contributed by atoms with E-state index in [1.807, 2.05) is 0 Å². The van der Waals surface area contributed by atoms with Gasteiger partial charge < -0.3 is 0 Å². The molecule has 0 saturated heterocycles. The van der Waals surface area contributed by atoms with Crippen LogP contribution in [0.4, 0.5) is 0 Å². The molecule has 0 unspecified atom stereocenters. The minimum absolute atomic E-state index is 0.396. The van der Waals surface area contributed by atoms with E-state index in [0.717, 1.165) is 0 Å². The van der Waals surface area contributed by atoms with Gasteiger partial charge in [0.25, 0.3) is 0 Å². The van der Waals surface area contributed by atoms with Crippen LogP contribution in [0.3, 0.4) is 0 Å². The van der Waals surface area contributed by atoms with E-state index < -0.39 is 0 Å². The van der Waals surface area contributed by atoms with Crippen LogP contribution in [-0.4, -0.2) is 0 Å². The lowest BCUT2D eigenvalue weighted by Crippen LogP contribution is -1.70. The van der Waals surface area contributed by atoms with Crippen molar-refractivity contribution in [2.45, 2.75) is 6.92 Å². The molecule has 0 aliphatic heterocycles. The number of azide groups is 1. The molecule has 3 heteroatoms. The number of hydrogen-bond acceptors (Lipinski definition) is 1. The number of rotatable bonds is 2. The van der Waals surface area contributed by atoms with E-state index in [4.69, 9.17) is 5.53 Å². The molecule has 0 aromatic heterocycles. The Morgan fingerprint density at radius 1 is 1.62 bits per heavy atom. The zero-order valence-corrected chi connectivity index (χ0v) is 4.76. The third kappa shape index (κ3) is 2.05. The highest BCUT2D eigenvalue weighted by atomic mass is 15.1. The van der Waals surface area contributed by atoms with Crippen LogP contribution < -0.4 is 0 Å². The smallest absolute Gasteiger partial charge is 0.0326 e. The maximum absolute atomic E-state index is 7.84. The van der Waals surface area contributed by atoms with E-state index >= 15 is 0 Å². The molecule has 0 aliphatic carbocycles. The van der Waals surface area contributed by atoms with Crippen molar-refractivity contribution in [3.05, 3.63) is 34.9 Å². The molecule has 0 aliphatic rings. The van der Waals surface area contributed by atoms with Crippen LogP contribution in [0.2, 0.25) is 0 Å². The lowest BCUT2D eigenvalue weighted by Gasteiger charge is -1.89. The van der Waals surface area contributed by atoms with Crippen molar-refractivity contribution in [2.75, 3.05) is 0 Å². The van der Waals surface area contributed by atoms with Gasteiger partial charge in [-0.25, -0.2) is 0 Å². The summed E-state index contributed by atoms with van der Waals surface area (Å²) in [5, 5.41) is 3.21. The SMILES string of the molecule is C=C(C)C(=C)N=[N+]=[N-]. The molecule has 0 rings (SSSR count). The van der Waals surface area contributed by atoms with Crippen molar-refractivity contribution in [3.8, 4) is 0 Å². The molecule has 0 heterocycles. The fraction of sp³-hybridized carbons (Fsp3) is 0.200. The molecular formula is C5H7N3. The van der Waals surface area contributed by atoms with Gasteiger partial charge in [0.15, 0.2) is 0 Å². The molecule has 0 fully saturated rings. The number of allylic oxidation sites excluding steroid dienone is 1. The third-order valence-corrected chi connectivity index (χ3v) is 0.658. The van der Waals surface area contributed by atoms with Gasteiger partial charge >= 0.3 is 0 Å². The molecule has 3 nitrogen and oxygen atoms in total. The second kappa shape index (κ2) is 2.88. The quantitative estimate of drug-likeness (QED) is 0.226. The Kier molecular flexibility index (Phi) is 2.45. The summed E-state index contributed by atoms with van der Waals surface area (Å²) in [4.78, 5) is 2.52. The molecule has 42 valence electrons. The molecule has 0 N–H and O–H groups in total. The first kappa shape index (κ1) is 6.79. The Hall–Kier alpha value is -1.21. The molecule has 0 spiro atoms. The van der Waals surface area contributed by atoms with Crippen molar-refractivity contribution in [1.82, 2.24) is 0 Å². The summed E-state index contributed by atoms with van der Waals surface area (Å²) in [6.45, 7) is 8.67.